The average molecular weight is 572 g/mol. The van der Waals surface area contributed by atoms with Crippen molar-refractivity contribution < 1.29 is 0 Å². The zero-order valence-electron chi connectivity index (χ0n) is 24.9. The molecule has 7 rings (SSSR count). The Morgan fingerprint density at radius 1 is 0.727 bits per heavy atom. The standard InChI is InChI=1S/C41H37N3/c1-29-16-17-36(32-12-6-3-7-13-32)28-44(39-23-22-34-14-8-9-15-37(34)41(29)39)40-27-30(24-25-43-40)26-38(42)35-20-18-33(19-21-35)31-10-4-2-5-11-31/h2-15,18-24,27-28,38,43H,1,16-17,25-26,42H2/b36-28+. The summed E-state index contributed by atoms with van der Waals surface area (Å²) in [4.78, 5) is 2.33. The first-order valence-corrected chi connectivity index (χ1v) is 15.4. The second-order valence-corrected chi connectivity index (χ2v) is 11.7. The van der Waals surface area contributed by atoms with Gasteiger partial charge < -0.3 is 16.0 Å². The number of fused-ring (bicyclic) bond motifs is 3. The predicted molar refractivity (Wildman–Crippen MR) is 187 cm³/mol. The van der Waals surface area contributed by atoms with Gasteiger partial charge in [-0.2, -0.15) is 0 Å². The molecule has 5 aromatic rings. The van der Waals surface area contributed by atoms with Gasteiger partial charge in [0.2, 0.25) is 0 Å². The van der Waals surface area contributed by atoms with Crippen molar-refractivity contribution in [1.82, 2.24) is 5.32 Å². The fourth-order valence-corrected chi connectivity index (χ4v) is 6.40. The third-order valence-electron chi connectivity index (χ3n) is 8.78. The van der Waals surface area contributed by atoms with Gasteiger partial charge in [0.1, 0.15) is 5.82 Å². The third-order valence-corrected chi connectivity index (χ3v) is 8.78. The molecule has 1 atom stereocenters. The maximum atomic E-state index is 6.81. The fraction of sp³-hybridized carbons (Fsp3) is 0.122. The van der Waals surface area contributed by atoms with E-state index in [1.807, 2.05) is 6.07 Å². The van der Waals surface area contributed by atoms with Crippen LogP contribution < -0.4 is 16.0 Å². The molecule has 0 saturated heterocycles. The van der Waals surface area contributed by atoms with E-state index in [0.717, 1.165) is 48.5 Å². The molecule has 0 radical (unpaired) electrons. The van der Waals surface area contributed by atoms with Crippen molar-refractivity contribution in [1.29, 1.82) is 0 Å². The first kappa shape index (κ1) is 27.7. The van der Waals surface area contributed by atoms with Gasteiger partial charge in [0.05, 0.1) is 5.69 Å². The van der Waals surface area contributed by atoms with E-state index >= 15 is 0 Å². The number of allylic oxidation sites excluding steroid dienone is 3. The van der Waals surface area contributed by atoms with E-state index in [-0.39, 0.29) is 6.04 Å². The Hall–Kier alpha value is -5.12. The smallest absolute Gasteiger partial charge is 0.110 e. The minimum absolute atomic E-state index is 0.0968. The number of nitrogens with one attached hydrogen (secondary N) is 1. The number of rotatable bonds is 6. The highest BCUT2D eigenvalue weighted by atomic mass is 15.2. The molecular formula is C41H37N3. The van der Waals surface area contributed by atoms with Crippen molar-refractivity contribution in [2.45, 2.75) is 25.3 Å². The molecule has 44 heavy (non-hydrogen) atoms. The zero-order valence-corrected chi connectivity index (χ0v) is 24.9. The molecular weight excluding hydrogens is 534 g/mol. The Kier molecular flexibility index (Phi) is 7.70. The molecule has 0 spiro atoms. The van der Waals surface area contributed by atoms with Crippen molar-refractivity contribution in [2.75, 3.05) is 11.4 Å². The van der Waals surface area contributed by atoms with E-state index in [1.54, 1.807) is 0 Å². The van der Waals surface area contributed by atoms with E-state index < -0.39 is 0 Å². The summed E-state index contributed by atoms with van der Waals surface area (Å²) in [6, 6.07) is 42.9. The molecule has 0 amide bonds. The highest BCUT2D eigenvalue weighted by molar-refractivity contribution is 6.00. The van der Waals surface area contributed by atoms with Crippen molar-refractivity contribution in [3.63, 3.8) is 0 Å². The van der Waals surface area contributed by atoms with Crippen LogP contribution in [0.15, 0.2) is 158 Å². The molecule has 3 nitrogen and oxygen atoms in total. The van der Waals surface area contributed by atoms with Crippen molar-refractivity contribution in [3.05, 3.63) is 174 Å². The minimum Gasteiger partial charge on any atom is -0.368 e. The highest BCUT2D eigenvalue weighted by Gasteiger charge is 2.23. The summed E-state index contributed by atoms with van der Waals surface area (Å²) in [5, 5.41) is 6.15. The molecule has 2 aliphatic rings. The second-order valence-electron chi connectivity index (χ2n) is 11.7. The van der Waals surface area contributed by atoms with Crippen molar-refractivity contribution >= 4 is 27.6 Å². The number of nitrogens with zero attached hydrogens (tertiary/aromatic N) is 1. The van der Waals surface area contributed by atoms with Crippen LogP contribution in [0.4, 0.5) is 5.69 Å². The Morgan fingerprint density at radius 2 is 1.41 bits per heavy atom. The molecule has 2 heterocycles. The van der Waals surface area contributed by atoms with Crippen molar-refractivity contribution in [2.24, 2.45) is 5.73 Å². The van der Waals surface area contributed by atoms with E-state index in [0.29, 0.717) is 0 Å². The fourth-order valence-electron chi connectivity index (χ4n) is 6.40. The lowest BCUT2D eigenvalue weighted by atomic mass is 9.89. The number of benzene rings is 5. The zero-order chi connectivity index (χ0) is 29.9. The van der Waals surface area contributed by atoms with Gasteiger partial charge in [-0.1, -0.05) is 128 Å². The highest BCUT2D eigenvalue weighted by Crippen LogP contribution is 2.41. The number of hydrogen-bond acceptors (Lipinski definition) is 3. The van der Waals surface area contributed by atoms with Crippen LogP contribution in [-0.4, -0.2) is 6.54 Å². The molecule has 3 N–H and O–H groups in total. The Morgan fingerprint density at radius 3 is 2.18 bits per heavy atom. The predicted octanol–water partition coefficient (Wildman–Crippen LogP) is 9.62. The number of hydrogen-bond donors (Lipinski definition) is 2. The van der Waals surface area contributed by atoms with Crippen LogP contribution >= 0.6 is 0 Å². The van der Waals surface area contributed by atoms with E-state index in [4.69, 9.17) is 5.73 Å². The summed E-state index contributed by atoms with van der Waals surface area (Å²) in [5.41, 5.74) is 17.7. The molecule has 3 heteroatoms. The average Bonchev–Trinajstić information content (AvgIpc) is 3.08. The third kappa shape index (κ3) is 5.62. The summed E-state index contributed by atoms with van der Waals surface area (Å²) < 4.78 is 0. The molecule has 5 aromatic carbocycles. The summed E-state index contributed by atoms with van der Waals surface area (Å²) in [6.07, 6.45) is 9.43. The van der Waals surface area contributed by atoms with Crippen LogP contribution in [0.2, 0.25) is 0 Å². The molecule has 0 aromatic heterocycles. The van der Waals surface area contributed by atoms with Crippen LogP contribution in [0.5, 0.6) is 0 Å². The second kappa shape index (κ2) is 12.2. The monoisotopic (exact) mass is 571 g/mol. The Labute approximate surface area is 260 Å². The number of anilines is 1. The number of dihydropyridines is 1. The summed E-state index contributed by atoms with van der Waals surface area (Å²) in [5.74, 6) is 1.05. The first-order valence-electron chi connectivity index (χ1n) is 15.4. The summed E-state index contributed by atoms with van der Waals surface area (Å²) in [7, 11) is 0. The number of nitrogens with two attached hydrogens (primary N) is 1. The SMILES string of the molecule is C=C1CC/C(c2ccccc2)=C\N(C2=CC(CC(N)c3ccc(-c4ccccc4)cc3)=CCN2)c2ccc3ccccc3c21. The maximum Gasteiger partial charge on any atom is 0.110 e. The molecule has 1 unspecified atom stereocenters. The van der Waals surface area contributed by atoms with Gasteiger partial charge >= 0.3 is 0 Å². The molecule has 216 valence electrons. The molecule has 0 fully saturated rings. The Balaban J connectivity index is 1.24. The summed E-state index contributed by atoms with van der Waals surface area (Å²) >= 11 is 0. The van der Waals surface area contributed by atoms with Crippen LogP contribution in [0.3, 0.4) is 0 Å². The normalized spacial score (nSPS) is 16.9. The molecule has 0 aliphatic carbocycles. The Bertz CT molecular complexity index is 1900. The van der Waals surface area contributed by atoms with Gasteiger partial charge in [0.25, 0.3) is 0 Å². The van der Waals surface area contributed by atoms with Crippen LogP contribution in [0, 0.1) is 0 Å². The molecule has 0 bridgehead atoms. The molecule has 0 saturated carbocycles. The van der Waals surface area contributed by atoms with E-state index in [9.17, 15) is 0 Å². The summed E-state index contributed by atoms with van der Waals surface area (Å²) in [6.45, 7) is 5.35. The molecule has 2 aliphatic heterocycles. The van der Waals surface area contributed by atoms with E-state index in [1.165, 1.54) is 44.2 Å². The van der Waals surface area contributed by atoms with Crippen LogP contribution in [-0.2, 0) is 0 Å². The lowest BCUT2D eigenvalue weighted by molar-refractivity contribution is 0.711. The van der Waals surface area contributed by atoms with E-state index in [2.05, 4.69) is 150 Å². The van der Waals surface area contributed by atoms with Gasteiger partial charge in [-0.3, -0.25) is 0 Å². The topological polar surface area (TPSA) is 41.3 Å². The van der Waals surface area contributed by atoms with Gasteiger partial charge in [0.15, 0.2) is 0 Å². The van der Waals surface area contributed by atoms with Gasteiger partial charge in [-0.05, 0) is 81.2 Å². The van der Waals surface area contributed by atoms with Crippen LogP contribution in [0.25, 0.3) is 33.0 Å². The van der Waals surface area contributed by atoms with Gasteiger partial charge in [0, 0.05) is 24.4 Å². The quantitative estimate of drug-likeness (QED) is 0.213. The minimum atomic E-state index is -0.0968. The van der Waals surface area contributed by atoms with Crippen LogP contribution in [0.1, 0.15) is 42.0 Å². The van der Waals surface area contributed by atoms with Gasteiger partial charge in [-0.15, -0.1) is 0 Å². The van der Waals surface area contributed by atoms with Crippen molar-refractivity contribution in [3.8, 4) is 11.1 Å². The lowest BCUT2D eigenvalue weighted by Gasteiger charge is -2.33. The first-order chi connectivity index (χ1) is 21.6. The lowest BCUT2D eigenvalue weighted by Crippen LogP contribution is -2.31. The largest absolute Gasteiger partial charge is 0.368 e. The van der Waals surface area contributed by atoms with Gasteiger partial charge in [-0.25, -0.2) is 0 Å². The maximum absolute atomic E-state index is 6.81.